The van der Waals surface area contributed by atoms with Crippen molar-refractivity contribution in [2.75, 3.05) is 18.1 Å². The second-order valence-corrected chi connectivity index (χ2v) is 7.79. The van der Waals surface area contributed by atoms with Gasteiger partial charge in [0.15, 0.2) is 5.13 Å². The van der Waals surface area contributed by atoms with Gasteiger partial charge in [0.2, 0.25) is 5.91 Å². The molecule has 3 rings (SSSR count). The van der Waals surface area contributed by atoms with Crippen LogP contribution < -0.4 is 4.90 Å². The van der Waals surface area contributed by atoms with Gasteiger partial charge < -0.3 is 4.74 Å². The Hall–Kier alpha value is -1.40. The normalized spacial score (nSPS) is 16.6. The van der Waals surface area contributed by atoms with Crippen LogP contribution in [0.2, 0.25) is 10.0 Å². The number of allylic oxidation sites excluding steroid dienone is 1. The van der Waals surface area contributed by atoms with E-state index in [9.17, 15) is 4.79 Å². The van der Waals surface area contributed by atoms with E-state index < -0.39 is 0 Å². The molecule has 0 N–H and O–H groups in total. The average molecular weight is 411 g/mol. The third kappa shape index (κ3) is 4.65. The van der Waals surface area contributed by atoms with Crippen molar-refractivity contribution < 1.29 is 9.53 Å². The molecule has 1 aliphatic rings. The van der Waals surface area contributed by atoms with Crippen molar-refractivity contribution in [1.29, 1.82) is 0 Å². The van der Waals surface area contributed by atoms with Crippen molar-refractivity contribution in [3.05, 3.63) is 46.3 Å². The number of aromatic nitrogens is 1. The van der Waals surface area contributed by atoms with Gasteiger partial charge in [-0.2, -0.15) is 0 Å². The van der Waals surface area contributed by atoms with E-state index in [2.05, 4.69) is 11.6 Å². The van der Waals surface area contributed by atoms with Crippen LogP contribution in [0, 0.1) is 0 Å². The Morgan fingerprint density at radius 1 is 1.46 bits per heavy atom. The van der Waals surface area contributed by atoms with Crippen LogP contribution in [-0.2, 0) is 9.53 Å². The van der Waals surface area contributed by atoms with Crippen molar-refractivity contribution in [1.82, 2.24) is 4.98 Å². The zero-order valence-corrected chi connectivity index (χ0v) is 16.6. The van der Waals surface area contributed by atoms with Crippen molar-refractivity contribution in [3.8, 4) is 11.3 Å². The number of benzene rings is 1. The number of halogens is 2. The van der Waals surface area contributed by atoms with Crippen molar-refractivity contribution in [2.45, 2.75) is 31.8 Å². The topological polar surface area (TPSA) is 42.4 Å². The highest BCUT2D eigenvalue weighted by atomic mass is 35.5. The molecule has 26 heavy (non-hydrogen) atoms. The maximum atomic E-state index is 12.7. The Labute approximate surface area is 167 Å². The molecule has 0 aliphatic carbocycles. The number of carbonyl (C=O) groups is 1. The Bertz CT molecular complexity index is 788. The zero-order valence-electron chi connectivity index (χ0n) is 14.3. The van der Waals surface area contributed by atoms with Gasteiger partial charge in [-0.25, -0.2) is 4.98 Å². The quantitative estimate of drug-likeness (QED) is 0.558. The summed E-state index contributed by atoms with van der Waals surface area (Å²) in [5.74, 6) is 0.0310. The number of hydrogen-bond donors (Lipinski definition) is 0. The molecule has 7 heteroatoms. The number of amides is 1. The standard InChI is InChI=1S/C19H20Cl2N2O2S/c1-2-3-6-18(24)23(11-14-5-4-9-25-14)19-22-17(12-26-19)15-8-7-13(20)10-16(15)21/h2,7-8,10,12,14H,1,3-6,9,11H2/t14-/m1/s1. The van der Waals surface area contributed by atoms with Gasteiger partial charge >= 0.3 is 0 Å². The van der Waals surface area contributed by atoms with E-state index in [1.54, 1.807) is 23.1 Å². The number of carbonyl (C=O) groups excluding carboxylic acids is 1. The highest BCUT2D eigenvalue weighted by Crippen LogP contribution is 2.34. The van der Waals surface area contributed by atoms with Crippen LogP contribution in [0.1, 0.15) is 25.7 Å². The van der Waals surface area contributed by atoms with Crippen LogP contribution in [0.25, 0.3) is 11.3 Å². The van der Waals surface area contributed by atoms with Gasteiger partial charge in [-0.15, -0.1) is 17.9 Å². The molecule has 1 amide bonds. The summed E-state index contributed by atoms with van der Waals surface area (Å²) in [5, 5.41) is 3.69. The van der Waals surface area contributed by atoms with Gasteiger partial charge in [-0.05, 0) is 37.5 Å². The molecule has 1 aromatic heterocycles. The molecule has 1 aromatic carbocycles. The summed E-state index contributed by atoms with van der Waals surface area (Å²) in [6, 6.07) is 5.31. The van der Waals surface area contributed by atoms with Gasteiger partial charge in [-0.3, -0.25) is 9.69 Å². The number of thiazole rings is 1. The van der Waals surface area contributed by atoms with E-state index in [1.807, 2.05) is 11.4 Å². The Morgan fingerprint density at radius 2 is 2.31 bits per heavy atom. The maximum absolute atomic E-state index is 12.7. The smallest absolute Gasteiger partial charge is 0.229 e. The molecule has 2 aromatic rings. The Kier molecular flexibility index (Phi) is 6.70. The number of nitrogens with zero attached hydrogens (tertiary/aromatic N) is 2. The largest absolute Gasteiger partial charge is 0.376 e. The molecule has 2 heterocycles. The third-order valence-corrected chi connectivity index (χ3v) is 5.62. The molecule has 138 valence electrons. The molecular weight excluding hydrogens is 391 g/mol. The van der Waals surface area contributed by atoms with Gasteiger partial charge in [0.1, 0.15) is 0 Å². The summed E-state index contributed by atoms with van der Waals surface area (Å²) in [6.45, 7) is 4.97. The lowest BCUT2D eigenvalue weighted by atomic mass is 10.2. The molecule has 0 saturated carbocycles. The first-order valence-corrected chi connectivity index (χ1v) is 10.2. The molecule has 4 nitrogen and oxygen atoms in total. The summed E-state index contributed by atoms with van der Waals surface area (Å²) in [7, 11) is 0. The first-order chi connectivity index (χ1) is 12.6. The summed E-state index contributed by atoms with van der Waals surface area (Å²) in [5.41, 5.74) is 1.54. The molecule has 1 atom stereocenters. The lowest BCUT2D eigenvalue weighted by molar-refractivity contribution is -0.118. The third-order valence-electron chi connectivity index (χ3n) is 4.20. The number of hydrogen-bond acceptors (Lipinski definition) is 4. The van der Waals surface area contributed by atoms with E-state index in [4.69, 9.17) is 27.9 Å². The van der Waals surface area contributed by atoms with Gasteiger partial charge in [0.05, 0.1) is 23.4 Å². The van der Waals surface area contributed by atoms with Crippen LogP contribution in [0.15, 0.2) is 36.2 Å². The fourth-order valence-electron chi connectivity index (χ4n) is 2.85. The molecule has 1 aliphatic heterocycles. The molecule has 1 saturated heterocycles. The second-order valence-electron chi connectivity index (χ2n) is 6.11. The summed E-state index contributed by atoms with van der Waals surface area (Å²) in [6.07, 6.45) is 4.86. The van der Waals surface area contributed by atoms with Gasteiger partial charge in [0.25, 0.3) is 0 Å². The highest BCUT2D eigenvalue weighted by Gasteiger charge is 2.25. The van der Waals surface area contributed by atoms with E-state index in [0.717, 1.165) is 30.7 Å². The summed E-state index contributed by atoms with van der Waals surface area (Å²) >= 11 is 13.7. The molecule has 1 fully saturated rings. The zero-order chi connectivity index (χ0) is 18.5. The SMILES string of the molecule is C=CCCC(=O)N(C[C@H]1CCCO1)c1nc(-c2ccc(Cl)cc2Cl)cs1. The van der Waals surface area contributed by atoms with Crippen molar-refractivity contribution in [3.63, 3.8) is 0 Å². The fraction of sp³-hybridized carbons (Fsp3) is 0.368. The summed E-state index contributed by atoms with van der Waals surface area (Å²) < 4.78 is 5.71. The van der Waals surface area contributed by atoms with Gasteiger partial charge in [-0.1, -0.05) is 29.3 Å². The monoisotopic (exact) mass is 410 g/mol. The molecule has 0 spiro atoms. The van der Waals surface area contributed by atoms with Crippen LogP contribution in [0.3, 0.4) is 0 Å². The first-order valence-electron chi connectivity index (χ1n) is 8.52. The number of ether oxygens (including phenoxy) is 1. The molecule has 0 bridgehead atoms. The highest BCUT2D eigenvalue weighted by molar-refractivity contribution is 7.14. The van der Waals surface area contributed by atoms with Crippen LogP contribution >= 0.6 is 34.5 Å². The predicted molar refractivity (Wildman–Crippen MR) is 108 cm³/mol. The minimum atomic E-state index is 0.0310. The lowest BCUT2D eigenvalue weighted by Crippen LogP contribution is -2.37. The number of anilines is 1. The fourth-order valence-corrected chi connectivity index (χ4v) is 4.20. The molecule has 0 radical (unpaired) electrons. The average Bonchev–Trinajstić information content (AvgIpc) is 3.29. The molecule has 0 unspecified atom stereocenters. The Morgan fingerprint density at radius 3 is 3.00 bits per heavy atom. The Balaban J connectivity index is 1.84. The lowest BCUT2D eigenvalue weighted by Gasteiger charge is -2.23. The van der Waals surface area contributed by atoms with Crippen LogP contribution in [-0.4, -0.2) is 30.1 Å². The molecular formula is C19H20Cl2N2O2S. The number of rotatable bonds is 7. The predicted octanol–water partition coefficient (Wildman–Crippen LogP) is 5.60. The first kappa shape index (κ1) is 19.4. The maximum Gasteiger partial charge on any atom is 0.229 e. The van der Waals surface area contributed by atoms with E-state index in [-0.39, 0.29) is 12.0 Å². The van der Waals surface area contributed by atoms with E-state index >= 15 is 0 Å². The van der Waals surface area contributed by atoms with E-state index in [0.29, 0.717) is 34.6 Å². The summed E-state index contributed by atoms with van der Waals surface area (Å²) in [4.78, 5) is 19.1. The van der Waals surface area contributed by atoms with Crippen molar-refractivity contribution in [2.24, 2.45) is 0 Å². The second kappa shape index (κ2) is 9.00. The van der Waals surface area contributed by atoms with Crippen LogP contribution in [0.5, 0.6) is 0 Å². The minimum Gasteiger partial charge on any atom is -0.376 e. The van der Waals surface area contributed by atoms with Crippen LogP contribution in [0.4, 0.5) is 5.13 Å². The van der Waals surface area contributed by atoms with Gasteiger partial charge in [0, 0.05) is 29.0 Å². The van der Waals surface area contributed by atoms with Crippen molar-refractivity contribution >= 4 is 45.6 Å². The van der Waals surface area contributed by atoms with E-state index in [1.165, 1.54) is 11.3 Å². The minimum absolute atomic E-state index is 0.0310.